The van der Waals surface area contributed by atoms with E-state index in [-0.39, 0.29) is 48.2 Å². The molecule has 4 aliphatic rings. The maximum absolute atomic E-state index is 15.3. The van der Waals surface area contributed by atoms with E-state index in [4.69, 9.17) is 27.9 Å². The highest BCUT2D eigenvalue weighted by Gasteiger charge is 2.71. The highest BCUT2D eigenvalue weighted by atomic mass is 35.5. The molecular formula is C38H29Cl2F3N4O6S. The van der Waals surface area contributed by atoms with Crippen molar-refractivity contribution in [2.45, 2.75) is 36.9 Å². The SMILES string of the molecule is COc1cccc(O)c1[C@H]1C2=CC[C@@H]3C(=O)N(Cc4cccs4)C(=O)[C@@H]3[C@@H]2C[C@H]2C(=O)N(Nc3ncc(C(F)(F)F)cc3Cl)C(=O)[C@@]12c1ccc(Cl)cc1. The summed E-state index contributed by atoms with van der Waals surface area (Å²) in [7, 11) is 1.39. The van der Waals surface area contributed by atoms with Gasteiger partial charge in [0.05, 0.1) is 47.4 Å². The number of carbonyl (C=O) groups is 4. The fraction of sp³-hybridized carbons (Fsp3) is 0.289. The van der Waals surface area contributed by atoms with E-state index in [0.29, 0.717) is 33.4 Å². The van der Waals surface area contributed by atoms with Crippen LogP contribution >= 0.6 is 34.5 Å². The van der Waals surface area contributed by atoms with Crippen molar-refractivity contribution in [3.05, 3.63) is 116 Å². The molecule has 3 fully saturated rings. The molecule has 2 aromatic carbocycles. The second-order valence-corrected chi connectivity index (χ2v) is 15.5. The Labute approximate surface area is 320 Å². The van der Waals surface area contributed by atoms with Crippen molar-refractivity contribution in [1.82, 2.24) is 14.9 Å². The molecule has 8 rings (SSSR count). The number of aromatic hydroxyl groups is 1. The first-order valence-corrected chi connectivity index (χ1v) is 18.5. The fourth-order valence-corrected chi connectivity index (χ4v) is 9.90. The molecule has 6 atom stereocenters. The van der Waals surface area contributed by atoms with Gasteiger partial charge in [0.1, 0.15) is 11.5 Å². The number of halogens is 5. The van der Waals surface area contributed by atoms with Gasteiger partial charge in [0, 0.05) is 27.6 Å². The van der Waals surface area contributed by atoms with Crippen LogP contribution in [0.1, 0.15) is 40.3 Å². The molecule has 0 unspecified atom stereocenters. The zero-order chi connectivity index (χ0) is 38.3. The quantitative estimate of drug-likeness (QED) is 0.147. The lowest BCUT2D eigenvalue weighted by Gasteiger charge is -2.50. The first-order chi connectivity index (χ1) is 25.8. The smallest absolute Gasteiger partial charge is 0.417 e. The van der Waals surface area contributed by atoms with E-state index in [1.54, 1.807) is 36.4 Å². The third-order valence-corrected chi connectivity index (χ3v) is 12.5. The number of likely N-dealkylation sites (tertiary alicyclic amines) is 1. The summed E-state index contributed by atoms with van der Waals surface area (Å²) in [6, 6.07) is 15.2. The third kappa shape index (κ3) is 5.40. The van der Waals surface area contributed by atoms with Gasteiger partial charge in [-0.05, 0) is 66.1 Å². The first-order valence-electron chi connectivity index (χ1n) is 16.8. The van der Waals surface area contributed by atoms with E-state index in [9.17, 15) is 32.7 Å². The topological polar surface area (TPSA) is 129 Å². The van der Waals surface area contributed by atoms with Gasteiger partial charge in [-0.15, -0.1) is 11.3 Å². The summed E-state index contributed by atoms with van der Waals surface area (Å²) < 4.78 is 46.2. The van der Waals surface area contributed by atoms with Crippen LogP contribution < -0.4 is 10.2 Å². The number of ether oxygens (including phenoxy) is 1. The summed E-state index contributed by atoms with van der Waals surface area (Å²) in [6.07, 6.45) is -2.30. The predicted molar refractivity (Wildman–Crippen MR) is 191 cm³/mol. The summed E-state index contributed by atoms with van der Waals surface area (Å²) in [6.45, 7) is 0.0925. The summed E-state index contributed by atoms with van der Waals surface area (Å²) in [5, 5.41) is 14.0. The number of aromatic nitrogens is 1. The van der Waals surface area contributed by atoms with Crippen molar-refractivity contribution in [2.24, 2.45) is 23.7 Å². The number of benzene rings is 2. The normalized spacial score (nSPS) is 26.4. The van der Waals surface area contributed by atoms with Crippen LogP contribution in [0.15, 0.2) is 83.9 Å². The number of phenolic OH excluding ortho intramolecular Hbond substituents is 1. The van der Waals surface area contributed by atoms with E-state index >= 15 is 4.79 Å². The van der Waals surface area contributed by atoms with Gasteiger partial charge in [-0.25, -0.2) is 4.98 Å². The van der Waals surface area contributed by atoms with Crippen molar-refractivity contribution in [3.63, 3.8) is 0 Å². The molecule has 10 nitrogen and oxygen atoms in total. The number of allylic oxidation sites excluding steroid dienone is 2. The number of hydrazine groups is 1. The molecular weight excluding hydrogens is 768 g/mol. The molecule has 16 heteroatoms. The average Bonchev–Trinajstić information content (AvgIpc) is 3.80. The Balaban J connectivity index is 1.32. The number of hydrogen-bond donors (Lipinski definition) is 2. The lowest BCUT2D eigenvalue weighted by atomic mass is 9.49. The summed E-state index contributed by atoms with van der Waals surface area (Å²) in [5.41, 5.74) is 0.710. The number of nitrogens with one attached hydrogen (secondary N) is 1. The Morgan fingerprint density at radius 1 is 1.02 bits per heavy atom. The fourth-order valence-electron chi connectivity index (χ4n) is 8.88. The molecule has 0 bridgehead atoms. The lowest BCUT2D eigenvalue weighted by molar-refractivity contribution is -0.142. The lowest BCUT2D eigenvalue weighted by Crippen LogP contribution is -2.53. The number of methoxy groups -OCH3 is 1. The van der Waals surface area contributed by atoms with Gasteiger partial charge in [0.15, 0.2) is 5.82 Å². The molecule has 0 spiro atoms. The minimum absolute atomic E-state index is 0.0647. The Hall–Kier alpha value is -4.92. The maximum atomic E-state index is 15.3. The number of nitrogens with zero attached hydrogens (tertiary/aromatic N) is 3. The summed E-state index contributed by atoms with van der Waals surface area (Å²) in [4.78, 5) is 64.3. The molecule has 2 saturated heterocycles. The minimum atomic E-state index is -4.76. The van der Waals surface area contributed by atoms with Gasteiger partial charge in [-0.1, -0.05) is 59.1 Å². The van der Waals surface area contributed by atoms with Gasteiger partial charge in [-0.2, -0.15) is 18.2 Å². The van der Waals surface area contributed by atoms with E-state index in [1.807, 2.05) is 23.6 Å². The van der Waals surface area contributed by atoms with Crippen molar-refractivity contribution in [1.29, 1.82) is 0 Å². The largest absolute Gasteiger partial charge is 0.508 e. The molecule has 0 radical (unpaired) electrons. The molecule has 2 N–H and O–H groups in total. The number of fused-ring (bicyclic) bond motifs is 4. The number of pyridine rings is 1. The molecule has 4 amide bonds. The molecule has 2 aromatic heterocycles. The Morgan fingerprint density at radius 3 is 2.44 bits per heavy atom. The van der Waals surface area contributed by atoms with Gasteiger partial charge >= 0.3 is 6.18 Å². The number of alkyl halides is 3. The summed E-state index contributed by atoms with van der Waals surface area (Å²) in [5.74, 6) is -7.49. The average molecular weight is 798 g/mol. The van der Waals surface area contributed by atoms with Gasteiger partial charge in [-0.3, -0.25) is 29.5 Å². The number of carbonyl (C=O) groups excluding carboxylic acids is 4. The molecule has 2 aliphatic heterocycles. The Bertz CT molecular complexity index is 2250. The van der Waals surface area contributed by atoms with Gasteiger partial charge < -0.3 is 9.84 Å². The van der Waals surface area contributed by atoms with Crippen LogP contribution in [0.4, 0.5) is 19.0 Å². The molecule has 4 heterocycles. The standard InChI is InChI=1S/C38H29Cl2F3N4O6S/c1-53-28-6-2-5-27(48)30(28)31-22-11-12-23-29(35(51)46(33(23)49)17-21-4-3-13-54-21)24(22)15-25-34(50)47(36(52)37(25,31)18-7-9-20(39)10-8-18)45-32-26(40)14-19(16-44-32)38(41,42)43/h2-11,13-14,16,23-25,29,31,48H,12,15,17H2,1H3,(H,44,45)/t23-,24+,25-,29-,31+,37+/m0/s1. The Kier molecular flexibility index (Phi) is 8.77. The van der Waals surface area contributed by atoms with Crippen LogP contribution in [-0.4, -0.2) is 50.7 Å². The Morgan fingerprint density at radius 2 is 1.78 bits per heavy atom. The second-order valence-electron chi connectivity index (χ2n) is 13.7. The van der Waals surface area contributed by atoms with Crippen molar-refractivity contribution in [3.8, 4) is 11.5 Å². The van der Waals surface area contributed by atoms with Crippen LogP contribution in [0.25, 0.3) is 0 Å². The number of amides is 4. The molecule has 4 aromatic rings. The monoisotopic (exact) mass is 796 g/mol. The number of hydrogen-bond acceptors (Lipinski definition) is 9. The van der Waals surface area contributed by atoms with E-state index in [2.05, 4.69) is 10.4 Å². The second kappa shape index (κ2) is 13.1. The molecule has 1 saturated carbocycles. The van der Waals surface area contributed by atoms with Crippen molar-refractivity contribution < 1.29 is 42.2 Å². The van der Waals surface area contributed by atoms with Crippen LogP contribution in [0.5, 0.6) is 11.5 Å². The van der Waals surface area contributed by atoms with Crippen LogP contribution in [0.3, 0.4) is 0 Å². The number of anilines is 1. The first kappa shape index (κ1) is 36.1. The van der Waals surface area contributed by atoms with Crippen LogP contribution in [-0.2, 0) is 37.3 Å². The summed E-state index contributed by atoms with van der Waals surface area (Å²) >= 11 is 14.0. The zero-order valence-corrected chi connectivity index (χ0v) is 30.5. The van der Waals surface area contributed by atoms with Gasteiger partial charge in [0.2, 0.25) is 11.8 Å². The molecule has 54 heavy (non-hydrogen) atoms. The van der Waals surface area contributed by atoms with Crippen molar-refractivity contribution in [2.75, 3.05) is 12.5 Å². The van der Waals surface area contributed by atoms with Crippen molar-refractivity contribution >= 4 is 64.0 Å². The van der Waals surface area contributed by atoms with E-state index in [1.165, 1.54) is 29.4 Å². The molecule has 2 aliphatic carbocycles. The number of thiophene rings is 1. The number of phenols is 1. The van der Waals surface area contributed by atoms with E-state index < -0.39 is 69.5 Å². The predicted octanol–water partition coefficient (Wildman–Crippen LogP) is 7.37. The van der Waals surface area contributed by atoms with Crippen LogP contribution in [0.2, 0.25) is 10.0 Å². The number of rotatable bonds is 7. The van der Waals surface area contributed by atoms with E-state index in [0.717, 1.165) is 4.88 Å². The molecule has 278 valence electrons. The highest BCUT2D eigenvalue weighted by Crippen LogP contribution is 2.66. The zero-order valence-electron chi connectivity index (χ0n) is 28.1. The number of imide groups is 2. The highest BCUT2D eigenvalue weighted by molar-refractivity contribution is 7.09. The minimum Gasteiger partial charge on any atom is -0.508 e. The third-order valence-electron chi connectivity index (χ3n) is 11.1. The van der Waals surface area contributed by atoms with Gasteiger partial charge in [0.25, 0.3) is 11.8 Å². The maximum Gasteiger partial charge on any atom is 0.417 e. The van der Waals surface area contributed by atoms with Crippen LogP contribution in [0, 0.1) is 23.7 Å².